The molecule has 0 unspecified atom stereocenters. The Balaban J connectivity index is 1.60. The molecule has 0 heterocycles. The Labute approximate surface area is 123 Å². The third kappa shape index (κ3) is 5.65. The van der Waals surface area contributed by atoms with Gasteiger partial charge in [0, 0.05) is 6.54 Å². The van der Waals surface area contributed by atoms with E-state index < -0.39 is 0 Å². The number of carbonyl (C=O) groups is 1. The van der Waals surface area contributed by atoms with Crippen LogP contribution in [0.25, 0.3) is 0 Å². The number of carbonyl (C=O) groups excluding carboxylic acids is 1. The molecule has 0 saturated heterocycles. The fourth-order valence-corrected chi connectivity index (χ4v) is 1.87. The maximum absolute atomic E-state index is 12.7. The first-order chi connectivity index (χ1) is 10.2. The molecule has 110 valence electrons. The summed E-state index contributed by atoms with van der Waals surface area (Å²) in [5.41, 5.74) is 1.19. The highest BCUT2D eigenvalue weighted by molar-refractivity contribution is 5.75. The van der Waals surface area contributed by atoms with E-state index in [-0.39, 0.29) is 24.8 Å². The number of amides is 1. The fourth-order valence-electron chi connectivity index (χ4n) is 1.87. The third-order valence-electron chi connectivity index (χ3n) is 2.99. The minimum absolute atomic E-state index is 0.0481. The summed E-state index contributed by atoms with van der Waals surface area (Å²) in [6, 6.07) is 15.7. The highest BCUT2D eigenvalue weighted by atomic mass is 19.1. The molecule has 2 rings (SSSR count). The lowest BCUT2D eigenvalue weighted by Crippen LogP contribution is -2.27. The van der Waals surface area contributed by atoms with E-state index in [0.717, 1.165) is 6.42 Å². The first-order valence-corrected chi connectivity index (χ1v) is 6.93. The number of halogens is 1. The van der Waals surface area contributed by atoms with Crippen LogP contribution in [0.2, 0.25) is 0 Å². The predicted octanol–water partition coefficient (Wildman–Crippen LogP) is 2.95. The number of hydrogen-bond acceptors (Lipinski definition) is 2. The normalized spacial score (nSPS) is 10.1. The standard InChI is InChI=1S/C17H18FNO2/c18-15-6-8-16(9-7-15)21-13-11-17(20)19-12-10-14-4-2-1-3-5-14/h1-9H,10-13H2,(H,19,20). The molecule has 2 aromatic rings. The van der Waals surface area contributed by atoms with Crippen LogP contribution >= 0.6 is 0 Å². The van der Waals surface area contributed by atoms with E-state index in [1.807, 2.05) is 30.3 Å². The van der Waals surface area contributed by atoms with Gasteiger partial charge in [0.1, 0.15) is 11.6 Å². The monoisotopic (exact) mass is 287 g/mol. The second-order valence-corrected chi connectivity index (χ2v) is 4.64. The zero-order valence-corrected chi connectivity index (χ0v) is 11.7. The molecule has 0 fully saturated rings. The van der Waals surface area contributed by atoms with Gasteiger partial charge in [0.15, 0.2) is 0 Å². The smallest absolute Gasteiger partial charge is 0.223 e. The SMILES string of the molecule is O=C(CCOc1ccc(F)cc1)NCCc1ccccc1. The van der Waals surface area contributed by atoms with Gasteiger partial charge in [-0.1, -0.05) is 30.3 Å². The molecule has 0 saturated carbocycles. The van der Waals surface area contributed by atoms with Crippen LogP contribution in [0.3, 0.4) is 0 Å². The molecule has 2 aromatic carbocycles. The Morgan fingerprint density at radius 3 is 2.48 bits per heavy atom. The van der Waals surface area contributed by atoms with Gasteiger partial charge >= 0.3 is 0 Å². The summed E-state index contributed by atoms with van der Waals surface area (Å²) in [6.45, 7) is 0.891. The lowest BCUT2D eigenvalue weighted by Gasteiger charge is -2.07. The van der Waals surface area contributed by atoms with E-state index in [0.29, 0.717) is 12.3 Å². The largest absolute Gasteiger partial charge is 0.493 e. The number of rotatable bonds is 7. The molecule has 0 aliphatic rings. The Hall–Kier alpha value is -2.36. The van der Waals surface area contributed by atoms with Crippen molar-refractivity contribution in [1.82, 2.24) is 5.32 Å². The van der Waals surface area contributed by atoms with Gasteiger partial charge in [-0.05, 0) is 36.2 Å². The minimum Gasteiger partial charge on any atom is -0.493 e. The van der Waals surface area contributed by atoms with Crippen molar-refractivity contribution in [2.75, 3.05) is 13.2 Å². The Kier molecular flexibility index (Phi) is 5.76. The maximum atomic E-state index is 12.7. The molecule has 0 aliphatic carbocycles. The molecule has 21 heavy (non-hydrogen) atoms. The third-order valence-corrected chi connectivity index (χ3v) is 2.99. The topological polar surface area (TPSA) is 38.3 Å². The Bertz CT molecular complexity index is 555. The van der Waals surface area contributed by atoms with Crippen LogP contribution in [0.4, 0.5) is 4.39 Å². The highest BCUT2D eigenvalue weighted by Gasteiger charge is 2.02. The van der Waals surface area contributed by atoms with E-state index in [1.165, 1.54) is 17.7 Å². The van der Waals surface area contributed by atoms with Gasteiger partial charge in [-0.3, -0.25) is 4.79 Å². The molecule has 1 N–H and O–H groups in total. The first kappa shape index (κ1) is 15.0. The molecular weight excluding hydrogens is 269 g/mol. The zero-order chi connectivity index (χ0) is 14.9. The van der Waals surface area contributed by atoms with Gasteiger partial charge in [-0.15, -0.1) is 0 Å². The molecule has 3 nitrogen and oxygen atoms in total. The lowest BCUT2D eigenvalue weighted by atomic mass is 10.1. The number of hydrogen-bond donors (Lipinski definition) is 1. The molecule has 0 radical (unpaired) electrons. The molecular formula is C17H18FNO2. The molecule has 0 bridgehead atoms. The molecule has 0 aromatic heterocycles. The van der Waals surface area contributed by atoms with E-state index in [4.69, 9.17) is 4.74 Å². The summed E-state index contributed by atoms with van der Waals surface area (Å²) in [6.07, 6.45) is 1.09. The van der Waals surface area contributed by atoms with Crippen molar-refractivity contribution in [3.8, 4) is 5.75 Å². The van der Waals surface area contributed by atoms with Crippen molar-refractivity contribution < 1.29 is 13.9 Å². The van der Waals surface area contributed by atoms with Gasteiger partial charge < -0.3 is 10.1 Å². The molecule has 4 heteroatoms. The van der Waals surface area contributed by atoms with Crippen LogP contribution in [-0.4, -0.2) is 19.1 Å². The van der Waals surface area contributed by atoms with E-state index in [9.17, 15) is 9.18 Å². The lowest BCUT2D eigenvalue weighted by molar-refractivity contribution is -0.121. The molecule has 0 spiro atoms. The van der Waals surface area contributed by atoms with E-state index in [1.54, 1.807) is 12.1 Å². The van der Waals surface area contributed by atoms with Crippen molar-refractivity contribution in [3.63, 3.8) is 0 Å². The molecule has 0 atom stereocenters. The van der Waals surface area contributed by atoms with Crippen LogP contribution in [0.15, 0.2) is 54.6 Å². The van der Waals surface area contributed by atoms with Crippen molar-refractivity contribution in [3.05, 3.63) is 66.0 Å². The summed E-state index contributed by atoms with van der Waals surface area (Å²) in [7, 11) is 0. The first-order valence-electron chi connectivity index (χ1n) is 6.93. The Morgan fingerprint density at radius 2 is 1.76 bits per heavy atom. The van der Waals surface area contributed by atoms with Gasteiger partial charge in [0.2, 0.25) is 5.91 Å². The van der Waals surface area contributed by atoms with Crippen LogP contribution in [0.1, 0.15) is 12.0 Å². The average molecular weight is 287 g/mol. The van der Waals surface area contributed by atoms with Crippen LogP contribution < -0.4 is 10.1 Å². The van der Waals surface area contributed by atoms with Crippen molar-refractivity contribution in [1.29, 1.82) is 0 Å². The zero-order valence-electron chi connectivity index (χ0n) is 11.7. The van der Waals surface area contributed by atoms with Crippen molar-refractivity contribution in [2.24, 2.45) is 0 Å². The van der Waals surface area contributed by atoms with Crippen molar-refractivity contribution >= 4 is 5.91 Å². The van der Waals surface area contributed by atoms with Gasteiger partial charge in [-0.2, -0.15) is 0 Å². The van der Waals surface area contributed by atoms with Crippen LogP contribution in [0.5, 0.6) is 5.75 Å². The van der Waals surface area contributed by atoms with Crippen LogP contribution in [-0.2, 0) is 11.2 Å². The Morgan fingerprint density at radius 1 is 1.05 bits per heavy atom. The molecule has 0 aliphatic heterocycles. The molecule has 1 amide bonds. The van der Waals surface area contributed by atoms with Crippen LogP contribution in [0, 0.1) is 5.82 Å². The quantitative estimate of drug-likeness (QED) is 0.850. The highest BCUT2D eigenvalue weighted by Crippen LogP contribution is 2.11. The summed E-state index contributed by atoms with van der Waals surface area (Å²) >= 11 is 0. The number of nitrogens with one attached hydrogen (secondary N) is 1. The summed E-state index contributed by atoms with van der Waals surface area (Å²) in [4.78, 5) is 11.6. The van der Waals surface area contributed by atoms with E-state index in [2.05, 4.69) is 5.32 Å². The number of ether oxygens (including phenoxy) is 1. The second kappa shape index (κ2) is 8.04. The van der Waals surface area contributed by atoms with Gasteiger partial charge in [-0.25, -0.2) is 4.39 Å². The second-order valence-electron chi connectivity index (χ2n) is 4.64. The van der Waals surface area contributed by atoms with E-state index >= 15 is 0 Å². The average Bonchev–Trinajstić information content (AvgIpc) is 2.50. The summed E-state index contributed by atoms with van der Waals surface area (Å²) in [5, 5.41) is 2.85. The van der Waals surface area contributed by atoms with Gasteiger partial charge in [0.25, 0.3) is 0 Å². The van der Waals surface area contributed by atoms with Gasteiger partial charge in [0.05, 0.1) is 13.0 Å². The summed E-state index contributed by atoms with van der Waals surface area (Å²) < 4.78 is 18.1. The van der Waals surface area contributed by atoms with Crippen molar-refractivity contribution in [2.45, 2.75) is 12.8 Å². The maximum Gasteiger partial charge on any atom is 0.223 e. The predicted molar refractivity (Wildman–Crippen MR) is 79.7 cm³/mol. The number of benzene rings is 2. The fraction of sp³-hybridized carbons (Fsp3) is 0.235. The summed E-state index contributed by atoms with van der Waals surface area (Å²) in [5.74, 6) is 0.211. The minimum atomic E-state index is -0.305.